The van der Waals surface area contributed by atoms with Gasteiger partial charge in [0.2, 0.25) is 5.82 Å². The molecule has 0 saturated carbocycles. The van der Waals surface area contributed by atoms with Crippen molar-refractivity contribution in [3.05, 3.63) is 18.2 Å². The molecule has 0 spiro atoms. The highest BCUT2D eigenvalue weighted by Crippen LogP contribution is 1.73. The minimum atomic E-state index is 0. The zero-order chi connectivity index (χ0) is 5.82. The lowest BCUT2D eigenvalue weighted by molar-refractivity contribution is 0.111. The second-order valence-electron chi connectivity index (χ2n) is 1.12. The van der Waals surface area contributed by atoms with Gasteiger partial charge in [-0.1, -0.05) is 0 Å². The molecular weight excluding hydrogens is 106 g/mol. The normalized spacial score (nSPS) is 8.50. The fourth-order valence-corrected chi connectivity index (χ4v) is 0.312. The van der Waals surface area contributed by atoms with Gasteiger partial charge in [-0.05, 0) is 0 Å². The molecule has 0 atom stereocenters. The van der Waals surface area contributed by atoms with Crippen LogP contribution in [-0.2, 0) is 0 Å². The van der Waals surface area contributed by atoms with E-state index in [2.05, 4.69) is 15.2 Å². The number of hydrogen-bond acceptors (Lipinski definition) is 4. The number of carbonyl (C=O) groups is 1. The number of aldehydes is 1. The summed E-state index contributed by atoms with van der Waals surface area (Å²) in [5, 5.41) is 6.78. The average molecular weight is 110 g/mol. The van der Waals surface area contributed by atoms with Gasteiger partial charge in [0.05, 0.1) is 6.20 Å². The Bertz CT molecular complexity index is 178. The molecule has 1 heterocycles. The molecule has 0 aliphatic rings. The van der Waals surface area contributed by atoms with Crippen molar-refractivity contribution in [1.82, 2.24) is 15.2 Å². The van der Waals surface area contributed by atoms with Gasteiger partial charge in [-0.2, -0.15) is 5.10 Å². The molecule has 0 bridgehead atoms. The Morgan fingerprint density at radius 2 is 2.50 bits per heavy atom. The predicted molar refractivity (Wildman–Crippen MR) is 26.3 cm³/mol. The fourth-order valence-electron chi connectivity index (χ4n) is 0.312. The van der Waals surface area contributed by atoms with Crippen LogP contribution in [0.15, 0.2) is 12.4 Å². The Hall–Kier alpha value is -1.32. The first-order valence-corrected chi connectivity index (χ1v) is 2.02. The summed E-state index contributed by atoms with van der Waals surface area (Å²) in [7, 11) is 0. The van der Waals surface area contributed by atoms with Crippen LogP contribution in [0.4, 0.5) is 0 Å². The van der Waals surface area contributed by atoms with Crippen LogP contribution in [-0.4, -0.2) is 21.5 Å². The van der Waals surface area contributed by atoms with E-state index in [1.165, 1.54) is 12.4 Å². The smallest absolute Gasteiger partial charge is 0.294 e. The molecule has 1 rings (SSSR count). The van der Waals surface area contributed by atoms with E-state index in [-0.39, 0.29) is 7.25 Å². The van der Waals surface area contributed by atoms with Crippen LogP contribution >= 0.6 is 0 Å². The van der Waals surface area contributed by atoms with E-state index in [4.69, 9.17) is 0 Å². The highest BCUT2D eigenvalue weighted by Gasteiger charge is 1.85. The van der Waals surface area contributed by atoms with E-state index in [1.807, 2.05) is 0 Å². The largest absolute Gasteiger partial charge is 1.00 e. The van der Waals surface area contributed by atoms with Crippen molar-refractivity contribution in [1.29, 1.82) is 0 Å². The molecule has 8 heavy (non-hydrogen) atoms. The van der Waals surface area contributed by atoms with E-state index >= 15 is 0 Å². The maximum atomic E-state index is 9.84. The van der Waals surface area contributed by atoms with Crippen LogP contribution in [0.5, 0.6) is 0 Å². The molecule has 0 amide bonds. The van der Waals surface area contributed by atoms with E-state index in [0.717, 1.165) is 0 Å². The molecule has 0 N–H and O–H groups in total. The van der Waals surface area contributed by atoms with Crippen molar-refractivity contribution in [2.24, 2.45) is 0 Å². The quantitative estimate of drug-likeness (QED) is 0.469. The minimum absolute atomic E-state index is 0. The summed E-state index contributed by atoms with van der Waals surface area (Å²) >= 11 is 0. The van der Waals surface area contributed by atoms with E-state index in [0.29, 0.717) is 6.29 Å². The predicted octanol–water partition coefficient (Wildman–Crippen LogP) is -0.203. The van der Waals surface area contributed by atoms with Crippen molar-refractivity contribution in [3.8, 4) is 0 Å². The second kappa shape index (κ2) is 2.11. The SMILES string of the molecule is O=Cc1nccnn1.[H+]. The van der Waals surface area contributed by atoms with Gasteiger partial charge in [-0.15, -0.1) is 5.10 Å². The molecule has 1 aromatic rings. The Morgan fingerprint density at radius 1 is 1.62 bits per heavy atom. The number of nitrogens with zero attached hydrogens (tertiary/aromatic N) is 3. The van der Waals surface area contributed by atoms with E-state index < -0.39 is 0 Å². The van der Waals surface area contributed by atoms with Crippen LogP contribution in [0.25, 0.3) is 0 Å². The molecular formula is C4H4N3O+. The zero-order valence-electron chi connectivity index (χ0n) is 4.98. The third-order valence-electron chi connectivity index (χ3n) is 0.606. The molecule has 0 radical (unpaired) electrons. The van der Waals surface area contributed by atoms with Gasteiger partial charge < -0.3 is 0 Å². The van der Waals surface area contributed by atoms with Gasteiger partial charge in [0.25, 0.3) is 0 Å². The molecule has 0 aliphatic heterocycles. The number of hydrogen-bond donors (Lipinski definition) is 0. The van der Waals surface area contributed by atoms with Crippen molar-refractivity contribution in [3.63, 3.8) is 0 Å². The summed E-state index contributed by atoms with van der Waals surface area (Å²) in [5.41, 5.74) is 0. The number of aromatic nitrogens is 3. The molecule has 0 aromatic carbocycles. The maximum absolute atomic E-state index is 9.84. The third-order valence-corrected chi connectivity index (χ3v) is 0.606. The van der Waals surface area contributed by atoms with Gasteiger partial charge >= 0.3 is 1.43 Å². The van der Waals surface area contributed by atoms with Crippen LogP contribution in [0.1, 0.15) is 12.0 Å². The molecule has 0 fully saturated rings. The lowest BCUT2D eigenvalue weighted by Gasteiger charge is -1.79. The fraction of sp³-hybridized carbons (Fsp3) is 0. The molecule has 0 unspecified atom stereocenters. The first-order valence-electron chi connectivity index (χ1n) is 2.02. The van der Waals surface area contributed by atoms with Gasteiger partial charge in [0, 0.05) is 6.20 Å². The van der Waals surface area contributed by atoms with Crippen LogP contribution in [0, 0.1) is 0 Å². The Kier molecular flexibility index (Phi) is 1.27. The monoisotopic (exact) mass is 110 g/mol. The van der Waals surface area contributed by atoms with Gasteiger partial charge in [0.1, 0.15) is 0 Å². The lowest BCUT2D eigenvalue weighted by Crippen LogP contribution is -1.91. The van der Waals surface area contributed by atoms with Crippen LogP contribution < -0.4 is 0 Å². The van der Waals surface area contributed by atoms with Crippen molar-refractivity contribution >= 4 is 6.29 Å². The first kappa shape index (κ1) is 4.83. The van der Waals surface area contributed by atoms with Gasteiger partial charge in [0.15, 0.2) is 6.29 Å². The summed E-state index contributed by atoms with van der Waals surface area (Å²) in [4.78, 5) is 13.4. The maximum Gasteiger partial charge on any atom is 1.00 e. The summed E-state index contributed by atoms with van der Waals surface area (Å²) < 4.78 is 0. The Labute approximate surface area is 47.1 Å². The van der Waals surface area contributed by atoms with E-state index in [9.17, 15) is 4.79 Å². The molecule has 4 heteroatoms. The highest BCUT2D eigenvalue weighted by atomic mass is 16.1. The lowest BCUT2D eigenvalue weighted by atomic mass is 10.7. The molecule has 0 aliphatic carbocycles. The number of rotatable bonds is 1. The van der Waals surface area contributed by atoms with Gasteiger partial charge in [-0.25, -0.2) is 4.98 Å². The summed E-state index contributed by atoms with van der Waals surface area (Å²) in [6.45, 7) is 0. The Morgan fingerprint density at radius 3 is 2.88 bits per heavy atom. The average Bonchev–Trinajstić information content (AvgIpc) is 1.90. The summed E-state index contributed by atoms with van der Waals surface area (Å²) in [5.74, 6) is 0.118. The Balaban J connectivity index is 0.000000640. The highest BCUT2D eigenvalue weighted by molar-refractivity contribution is 5.67. The van der Waals surface area contributed by atoms with Crippen molar-refractivity contribution in [2.75, 3.05) is 0 Å². The van der Waals surface area contributed by atoms with E-state index in [1.54, 1.807) is 0 Å². The third kappa shape index (κ3) is 0.841. The number of carbonyl (C=O) groups excluding carboxylic acids is 1. The topological polar surface area (TPSA) is 55.7 Å². The molecule has 40 valence electrons. The zero-order valence-corrected chi connectivity index (χ0v) is 3.98. The van der Waals surface area contributed by atoms with Crippen LogP contribution in [0.2, 0.25) is 0 Å². The van der Waals surface area contributed by atoms with Crippen molar-refractivity contribution < 1.29 is 6.22 Å². The standard InChI is InChI=1S/C4H3N3O/c8-3-4-5-1-2-6-7-4/h1-3H/p+1. The molecule has 4 nitrogen and oxygen atoms in total. The molecule has 0 saturated heterocycles. The minimum Gasteiger partial charge on any atom is -0.294 e. The summed E-state index contributed by atoms with van der Waals surface area (Å²) in [6, 6.07) is 0. The van der Waals surface area contributed by atoms with Crippen molar-refractivity contribution in [2.45, 2.75) is 0 Å². The first-order chi connectivity index (χ1) is 3.93. The second-order valence-corrected chi connectivity index (χ2v) is 1.12. The summed E-state index contributed by atoms with van der Waals surface area (Å²) in [6.07, 6.45) is 3.37. The molecule has 1 aromatic heterocycles. The van der Waals surface area contributed by atoms with Crippen LogP contribution in [0.3, 0.4) is 0 Å². The van der Waals surface area contributed by atoms with Gasteiger partial charge in [-0.3, -0.25) is 4.79 Å².